The van der Waals surface area contributed by atoms with Crippen LogP contribution >= 0.6 is 11.8 Å². The first-order valence-corrected chi connectivity index (χ1v) is 25.5. The van der Waals surface area contributed by atoms with E-state index in [2.05, 4.69) is 20.9 Å². The molecule has 74 heavy (non-hydrogen) atoms. The first-order chi connectivity index (χ1) is 35.5. The molecule has 3 atom stereocenters. The lowest BCUT2D eigenvalue weighted by molar-refractivity contribution is -0.141. The van der Waals surface area contributed by atoms with Crippen LogP contribution in [-0.2, 0) is 60.7 Å². The lowest BCUT2D eigenvalue weighted by Crippen LogP contribution is -2.49. The third-order valence-electron chi connectivity index (χ3n) is 11.1. The molecule has 2 aromatic heterocycles. The molecule has 0 aliphatic heterocycles. The monoisotopic (exact) mass is 1050 g/mol. The van der Waals surface area contributed by atoms with Crippen molar-refractivity contribution in [1.29, 1.82) is 0 Å². The standard InChI is InChI=1S/C52H70F2N8O11S/c1-52(2,3)49(44-29-38(40-30-39(53)10-11-41(40)54)33-61(44)32-37-8-5-4-6-9-37)62(19-7-16-58-50(67)42(31-45(56)63)59-47(65)28-36-12-17-57-18-13-36)48(66)35-74-34-43(51(68)69)60-46(64)14-20-70-22-24-72-26-27-73-25-23-71-21-15-55/h4-6,8-13,17-18,29-30,33,42-43,49H,7,14-16,19-28,31-32,34-35,55H2,1-3H3,(H2,56,63)(H,58,67)(H,59,65)(H,60,64)(H,68,69)/t42-,43-,49-/m0/s1. The van der Waals surface area contributed by atoms with E-state index in [0.717, 1.165) is 35.5 Å². The molecule has 22 heteroatoms. The van der Waals surface area contributed by atoms with Crippen molar-refractivity contribution < 1.29 is 61.6 Å². The van der Waals surface area contributed by atoms with Crippen LogP contribution in [0.2, 0.25) is 0 Å². The smallest absolute Gasteiger partial charge is 0.327 e. The van der Waals surface area contributed by atoms with Gasteiger partial charge < -0.3 is 60.9 Å². The Kier molecular flexibility index (Phi) is 26.1. The Morgan fingerprint density at radius 1 is 0.811 bits per heavy atom. The molecule has 4 aromatic rings. The third-order valence-corrected chi connectivity index (χ3v) is 12.2. The molecule has 0 saturated carbocycles. The molecule has 0 aliphatic rings. The van der Waals surface area contributed by atoms with Gasteiger partial charge in [-0.05, 0) is 59.4 Å². The number of carboxylic acid groups (broad SMARTS) is 1. The number of primary amides is 1. The fourth-order valence-electron chi connectivity index (χ4n) is 7.73. The van der Waals surface area contributed by atoms with Gasteiger partial charge in [0.05, 0.1) is 77.5 Å². The Morgan fingerprint density at radius 2 is 1.45 bits per heavy atom. The highest BCUT2D eigenvalue weighted by Crippen LogP contribution is 2.41. The second kappa shape index (κ2) is 32.1. The Hall–Kier alpha value is -6.30. The number of halogens is 2. The average Bonchev–Trinajstić information content (AvgIpc) is 3.75. The number of thioether (sulfide) groups is 1. The number of hydrogen-bond acceptors (Lipinski definition) is 13. The zero-order valence-corrected chi connectivity index (χ0v) is 43.0. The van der Waals surface area contributed by atoms with Crippen LogP contribution in [0.5, 0.6) is 0 Å². The van der Waals surface area contributed by atoms with E-state index in [1.165, 1.54) is 12.4 Å². The lowest BCUT2D eigenvalue weighted by atomic mass is 9.83. The Balaban J connectivity index is 1.50. The van der Waals surface area contributed by atoms with Crippen molar-refractivity contribution in [3.8, 4) is 11.1 Å². The molecule has 0 fully saturated rings. The van der Waals surface area contributed by atoms with Crippen molar-refractivity contribution in [1.82, 2.24) is 30.4 Å². The lowest BCUT2D eigenvalue weighted by Gasteiger charge is -2.41. The minimum Gasteiger partial charge on any atom is -0.480 e. The Labute approximate surface area is 434 Å². The fraction of sp³-hybridized carbons (Fsp3) is 0.481. The highest BCUT2D eigenvalue weighted by molar-refractivity contribution is 8.00. The van der Waals surface area contributed by atoms with E-state index in [1.807, 2.05) is 55.7 Å². The van der Waals surface area contributed by atoms with E-state index in [4.69, 9.17) is 30.4 Å². The average molecular weight is 1050 g/mol. The van der Waals surface area contributed by atoms with Crippen molar-refractivity contribution in [2.75, 3.05) is 84.0 Å². The van der Waals surface area contributed by atoms with Gasteiger partial charge in [-0.2, -0.15) is 0 Å². The summed E-state index contributed by atoms with van der Waals surface area (Å²) < 4.78 is 53.5. The van der Waals surface area contributed by atoms with E-state index in [0.29, 0.717) is 62.9 Å². The van der Waals surface area contributed by atoms with Gasteiger partial charge in [0, 0.05) is 73.8 Å². The maximum absolute atomic E-state index is 15.4. The topological polar surface area (TPSA) is 269 Å². The number of ether oxygens (including phenoxy) is 4. The van der Waals surface area contributed by atoms with Gasteiger partial charge in [0.25, 0.3) is 0 Å². The molecule has 404 valence electrons. The number of benzene rings is 2. The number of aliphatic carboxylic acids is 1. The molecule has 0 radical (unpaired) electrons. The minimum absolute atomic E-state index is 0.0120. The highest BCUT2D eigenvalue weighted by Gasteiger charge is 2.37. The van der Waals surface area contributed by atoms with Gasteiger partial charge in [0.2, 0.25) is 29.5 Å². The normalized spacial score (nSPS) is 12.6. The van der Waals surface area contributed by atoms with E-state index < -0.39 is 77.1 Å². The summed E-state index contributed by atoms with van der Waals surface area (Å²) in [5.74, 6) is -6.00. The maximum Gasteiger partial charge on any atom is 0.327 e. The summed E-state index contributed by atoms with van der Waals surface area (Å²) in [6.45, 7) is 9.00. The number of rotatable bonds is 35. The van der Waals surface area contributed by atoms with E-state index in [9.17, 15) is 38.3 Å². The van der Waals surface area contributed by atoms with Gasteiger partial charge in [0.1, 0.15) is 23.7 Å². The molecule has 5 amide bonds. The van der Waals surface area contributed by atoms with Gasteiger partial charge in [-0.25, -0.2) is 13.6 Å². The number of carbonyl (C=O) groups is 6. The van der Waals surface area contributed by atoms with Crippen LogP contribution in [0.4, 0.5) is 8.78 Å². The van der Waals surface area contributed by atoms with Crippen molar-refractivity contribution in [3.63, 3.8) is 0 Å². The zero-order valence-electron chi connectivity index (χ0n) is 42.2. The largest absolute Gasteiger partial charge is 0.480 e. The first kappa shape index (κ1) is 60.3. The number of carbonyl (C=O) groups excluding carboxylic acids is 5. The van der Waals surface area contributed by atoms with Gasteiger partial charge >= 0.3 is 5.97 Å². The number of nitrogens with one attached hydrogen (secondary N) is 3. The van der Waals surface area contributed by atoms with Crippen LogP contribution < -0.4 is 27.4 Å². The molecular weight excluding hydrogens is 983 g/mol. The maximum atomic E-state index is 15.4. The molecule has 0 saturated heterocycles. The molecule has 2 aromatic carbocycles. The van der Waals surface area contributed by atoms with Gasteiger partial charge in [0.15, 0.2) is 0 Å². The predicted octanol–water partition coefficient (Wildman–Crippen LogP) is 3.62. The fourth-order valence-corrected chi connectivity index (χ4v) is 8.65. The summed E-state index contributed by atoms with van der Waals surface area (Å²) >= 11 is 0.999. The third kappa shape index (κ3) is 21.7. The molecule has 0 bridgehead atoms. The molecular formula is C52H70F2N8O11S. The quantitative estimate of drug-likeness (QED) is 0.0360. The summed E-state index contributed by atoms with van der Waals surface area (Å²) in [4.78, 5) is 83.8. The van der Waals surface area contributed by atoms with Crippen molar-refractivity contribution in [3.05, 3.63) is 114 Å². The summed E-state index contributed by atoms with van der Waals surface area (Å²) in [7, 11) is 0. The number of pyridine rings is 1. The van der Waals surface area contributed by atoms with Gasteiger partial charge in [-0.1, -0.05) is 51.1 Å². The molecule has 19 nitrogen and oxygen atoms in total. The molecule has 0 aliphatic carbocycles. The summed E-state index contributed by atoms with van der Waals surface area (Å²) in [6.07, 6.45) is 4.24. The number of amides is 5. The number of hydrogen-bond donors (Lipinski definition) is 6. The molecule has 0 spiro atoms. The Bertz CT molecular complexity index is 2390. The molecule has 2 heterocycles. The zero-order chi connectivity index (χ0) is 53.9. The van der Waals surface area contributed by atoms with Crippen molar-refractivity contribution in [2.24, 2.45) is 16.9 Å². The van der Waals surface area contributed by atoms with Crippen molar-refractivity contribution >= 4 is 47.3 Å². The van der Waals surface area contributed by atoms with E-state index in [-0.39, 0.29) is 69.2 Å². The van der Waals surface area contributed by atoms with Crippen LogP contribution in [0.15, 0.2) is 85.3 Å². The Morgan fingerprint density at radius 3 is 2.07 bits per heavy atom. The van der Waals surface area contributed by atoms with E-state index >= 15 is 4.39 Å². The highest BCUT2D eigenvalue weighted by atomic mass is 32.2. The number of carboxylic acids is 1. The molecule has 4 rings (SSSR count). The van der Waals surface area contributed by atoms with Crippen LogP contribution in [0.1, 0.15) is 62.9 Å². The second-order valence-electron chi connectivity index (χ2n) is 18.2. The first-order valence-electron chi connectivity index (χ1n) is 24.3. The van der Waals surface area contributed by atoms with Crippen LogP contribution in [-0.4, -0.2) is 151 Å². The van der Waals surface area contributed by atoms with Gasteiger partial charge in [-0.15, -0.1) is 11.8 Å². The minimum atomic E-state index is -1.35. The summed E-state index contributed by atoms with van der Waals surface area (Å²) in [5.41, 5.74) is 12.6. The van der Waals surface area contributed by atoms with E-state index in [1.54, 1.807) is 29.3 Å². The summed E-state index contributed by atoms with van der Waals surface area (Å²) in [5, 5.41) is 17.9. The van der Waals surface area contributed by atoms with Gasteiger partial charge in [-0.3, -0.25) is 29.0 Å². The molecule has 0 unspecified atom stereocenters. The second-order valence-corrected chi connectivity index (χ2v) is 19.2. The number of nitrogens with two attached hydrogens (primary N) is 2. The predicted molar refractivity (Wildman–Crippen MR) is 274 cm³/mol. The number of aromatic nitrogens is 2. The number of nitrogens with zero attached hydrogens (tertiary/aromatic N) is 3. The SMILES string of the molecule is CC(C)(C)[C@H](c1cc(-c2cc(F)ccc2F)cn1Cc1ccccc1)N(CCCNC(=O)[C@H](CC(N)=O)NC(=O)Cc1ccncc1)C(=O)CSC[C@H](NC(=O)CCOCCOCCOCCOCCN)C(=O)O. The summed E-state index contributed by atoms with van der Waals surface area (Å²) in [6, 6.07) is 14.2. The van der Waals surface area contributed by atoms with Crippen molar-refractivity contribution in [2.45, 2.75) is 71.1 Å². The molecule has 8 N–H and O–H groups in total. The van der Waals surface area contributed by atoms with Crippen LogP contribution in [0.3, 0.4) is 0 Å². The van der Waals surface area contributed by atoms with Crippen LogP contribution in [0, 0.1) is 17.0 Å². The van der Waals surface area contributed by atoms with Crippen LogP contribution in [0.25, 0.3) is 11.1 Å².